The average Bonchev–Trinajstić information content (AvgIpc) is 2.25. The highest BCUT2D eigenvalue weighted by Gasteiger charge is 2.46. The minimum atomic E-state index is -1.46. The van der Waals surface area contributed by atoms with Crippen LogP contribution < -0.4 is 0 Å². The predicted octanol–water partition coefficient (Wildman–Crippen LogP) is -1.58. The van der Waals surface area contributed by atoms with Crippen molar-refractivity contribution in [1.29, 1.82) is 0 Å². The van der Waals surface area contributed by atoms with Gasteiger partial charge in [0.15, 0.2) is 6.10 Å². The van der Waals surface area contributed by atoms with Gasteiger partial charge in [-0.2, -0.15) is 0 Å². The van der Waals surface area contributed by atoms with E-state index >= 15 is 0 Å². The van der Waals surface area contributed by atoms with E-state index in [4.69, 9.17) is 4.74 Å². The first-order valence-corrected chi connectivity index (χ1v) is 4.80. The maximum absolute atomic E-state index is 11.2. The SMILES string of the molecule is CC[C@@H]1O[C@H](C(=O)OC)C(O)[C@H](O)C1O. The predicted molar refractivity (Wildman–Crippen MR) is 49.0 cm³/mol. The minimum Gasteiger partial charge on any atom is -0.467 e. The third kappa shape index (κ3) is 2.28. The van der Waals surface area contributed by atoms with Crippen molar-refractivity contribution in [2.75, 3.05) is 7.11 Å². The van der Waals surface area contributed by atoms with Gasteiger partial charge in [0, 0.05) is 0 Å². The van der Waals surface area contributed by atoms with Gasteiger partial charge in [0.05, 0.1) is 13.2 Å². The molecular formula is C9H16O6. The van der Waals surface area contributed by atoms with Gasteiger partial charge in [0.2, 0.25) is 0 Å². The van der Waals surface area contributed by atoms with Gasteiger partial charge < -0.3 is 24.8 Å². The number of aliphatic hydroxyl groups excluding tert-OH is 3. The van der Waals surface area contributed by atoms with E-state index in [0.29, 0.717) is 6.42 Å². The van der Waals surface area contributed by atoms with Crippen molar-refractivity contribution in [1.82, 2.24) is 0 Å². The molecule has 1 fully saturated rings. The normalized spacial score (nSPS) is 41.3. The molecule has 0 radical (unpaired) electrons. The van der Waals surface area contributed by atoms with Gasteiger partial charge in [-0.1, -0.05) is 6.92 Å². The van der Waals surface area contributed by atoms with Crippen molar-refractivity contribution in [2.24, 2.45) is 0 Å². The van der Waals surface area contributed by atoms with Crippen LogP contribution in [0.4, 0.5) is 0 Å². The Morgan fingerprint density at radius 3 is 2.33 bits per heavy atom. The molecule has 0 aromatic carbocycles. The van der Waals surface area contributed by atoms with Gasteiger partial charge in [-0.05, 0) is 6.42 Å². The van der Waals surface area contributed by atoms with Crippen molar-refractivity contribution in [2.45, 2.75) is 43.9 Å². The Labute approximate surface area is 87.4 Å². The molecule has 3 N–H and O–H groups in total. The number of ether oxygens (including phenoxy) is 2. The Bertz CT molecular complexity index is 229. The molecule has 6 nitrogen and oxygen atoms in total. The van der Waals surface area contributed by atoms with Crippen LogP contribution in [-0.4, -0.2) is 58.9 Å². The van der Waals surface area contributed by atoms with Crippen LogP contribution >= 0.6 is 0 Å². The van der Waals surface area contributed by atoms with Crippen LogP contribution in [0.5, 0.6) is 0 Å². The molecule has 0 bridgehead atoms. The molecule has 0 saturated carbocycles. The van der Waals surface area contributed by atoms with Crippen molar-refractivity contribution in [3.63, 3.8) is 0 Å². The maximum Gasteiger partial charge on any atom is 0.337 e. The minimum absolute atomic E-state index is 0.429. The zero-order valence-electron chi connectivity index (χ0n) is 8.66. The largest absolute Gasteiger partial charge is 0.467 e. The molecule has 0 aliphatic carbocycles. The fourth-order valence-electron chi connectivity index (χ4n) is 1.60. The number of aliphatic hydroxyl groups is 3. The van der Waals surface area contributed by atoms with E-state index in [2.05, 4.69) is 4.74 Å². The maximum atomic E-state index is 11.2. The van der Waals surface area contributed by atoms with Crippen LogP contribution in [-0.2, 0) is 14.3 Å². The summed E-state index contributed by atoms with van der Waals surface area (Å²) in [5.41, 5.74) is 0. The molecule has 1 rings (SSSR count). The molecule has 5 atom stereocenters. The second-order valence-corrected chi connectivity index (χ2v) is 3.50. The first kappa shape index (κ1) is 12.4. The quantitative estimate of drug-likeness (QED) is 0.486. The van der Waals surface area contributed by atoms with E-state index in [0.717, 1.165) is 7.11 Å². The number of rotatable bonds is 2. The fourth-order valence-corrected chi connectivity index (χ4v) is 1.60. The lowest BCUT2D eigenvalue weighted by Crippen LogP contribution is -2.59. The van der Waals surface area contributed by atoms with E-state index in [1.807, 2.05) is 0 Å². The third-order valence-corrected chi connectivity index (χ3v) is 2.55. The molecule has 2 unspecified atom stereocenters. The average molecular weight is 220 g/mol. The van der Waals surface area contributed by atoms with Crippen LogP contribution in [0, 0.1) is 0 Å². The molecule has 1 heterocycles. The van der Waals surface area contributed by atoms with Gasteiger partial charge in [-0.3, -0.25) is 0 Å². The molecule has 0 aromatic rings. The molecule has 15 heavy (non-hydrogen) atoms. The Kier molecular flexibility index (Phi) is 4.04. The molecule has 1 saturated heterocycles. The topological polar surface area (TPSA) is 96.2 Å². The summed E-state index contributed by atoms with van der Waals surface area (Å²) in [6, 6.07) is 0. The van der Waals surface area contributed by atoms with Crippen LogP contribution in [0.1, 0.15) is 13.3 Å². The highest BCUT2D eigenvalue weighted by atomic mass is 16.6. The van der Waals surface area contributed by atoms with Crippen molar-refractivity contribution in [3.8, 4) is 0 Å². The number of esters is 1. The summed E-state index contributed by atoms with van der Waals surface area (Å²) in [7, 11) is 1.16. The summed E-state index contributed by atoms with van der Waals surface area (Å²) < 4.78 is 9.57. The van der Waals surface area contributed by atoms with Crippen molar-refractivity contribution < 1.29 is 29.6 Å². The van der Waals surface area contributed by atoms with Gasteiger partial charge in [0.1, 0.15) is 18.3 Å². The Balaban J connectivity index is 2.78. The molecule has 1 aliphatic heterocycles. The standard InChI is InChI=1S/C9H16O6/c1-3-4-5(10)6(11)7(12)8(15-4)9(13)14-2/h4-8,10-12H,3H2,1-2H3/t4-,5?,6+,7?,8-/m0/s1. The highest BCUT2D eigenvalue weighted by molar-refractivity contribution is 5.75. The van der Waals surface area contributed by atoms with Crippen LogP contribution in [0.15, 0.2) is 0 Å². The number of methoxy groups -OCH3 is 1. The Morgan fingerprint density at radius 2 is 1.87 bits per heavy atom. The van der Waals surface area contributed by atoms with Crippen molar-refractivity contribution >= 4 is 5.97 Å². The smallest absolute Gasteiger partial charge is 0.337 e. The second-order valence-electron chi connectivity index (χ2n) is 3.50. The zero-order chi connectivity index (χ0) is 11.6. The highest BCUT2D eigenvalue weighted by Crippen LogP contribution is 2.23. The summed E-state index contributed by atoms with van der Waals surface area (Å²) in [4.78, 5) is 11.2. The summed E-state index contributed by atoms with van der Waals surface area (Å²) in [5, 5.41) is 28.5. The van der Waals surface area contributed by atoms with E-state index in [1.54, 1.807) is 6.92 Å². The van der Waals surface area contributed by atoms with E-state index in [-0.39, 0.29) is 0 Å². The lowest BCUT2D eigenvalue weighted by molar-refractivity contribution is -0.229. The molecule has 88 valence electrons. The van der Waals surface area contributed by atoms with E-state index < -0.39 is 36.5 Å². The Hall–Kier alpha value is -0.690. The number of hydrogen-bond acceptors (Lipinski definition) is 6. The van der Waals surface area contributed by atoms with Crippen LogP contribution in [0.25, 0.3) is 0 Å². The van der Waals surface area contributed by atoms with Crippen LogP contribution in [0.2, 0.25) is 0 Å². The molecule has 1 aliphatic rings. The second kappa shape index (κ2) is 4.89. The number of carbonyl (C=O) groups is 1. The fraction of sp³-hybridized carbons (Fsp3) is 0.889. The first-order valence-electron chi connectivity index (χ1n) is 4.80. The molecule has 6 heteroatoms. The van der Waals surface area contributed by atoms with Crippen molar-refractivity contribution in [3.05, 3.63) is 0 Å². The summed E-state index contributed by atoms with van der Waals surface area (Å²) in [6.45, 7) is 1.74. The van der Waals surface area contributed by atoms with Gasteiger partial charge in [-0.25, -0.2) is 4.79 Å². The van der Waals surface area contributed by atoms with Gasteiger partial charge >= 0.3 is 5.97 Å². The summed E-state index contributed by atoms with van der Waals surface area (Å²) in [6.07, 6.45) is -5.53. The number of carbonyl (C=O) groups excluding carboxylic acids is 1. The van der Waals surface area contributed by atoms with E-state index in [1.165, 1.54) is 0 Å². The first-order chi connectivity index (χ1) is 7.02. The molecule has 0 aromatic heterocycles. The van der Waals surface area contributed by atoms with Gasteiger partial charge in [0.25, 0.3) is 0 Å². The lowest BCUT2D eigenvalue weighted by Gasteiger charge is -2.38. The summed E-state index contributed by atoms with van der Waals surface area (Å²) >= 11 is 0. The monoisotopic (exact) mass is 220 g/mol. The Morgan fingerprint density at radius 1 is 1.27 bits per heavy atom. The van der Waals surface area contributed by atoms with Gasteiger partial charge in [-0.15, -0.1) is 0 Å². The van der Waals surface area contributed by atoms with E-state index in [9.17, 15) is 20.1 Å². The van der Waals surface area contributed by atoms with Crippen LogP contribution in [0.3, 0.4) is 0 Å². The molecule has 0 amide bonds. The lowest BCUT2D eigenvalue weighted by atomic mass is 9.94. The zero-order valence-corrected chi connectivity index (χ0v) is 8.66. The molecule has 0 spiro atoms. The summed E-state index contributed by atoms with van der Waals surface area (Å²) in [5.74, 6) is -0.757. The molecular weight excluding hydrogens is 204 g/mol. The number of hydrogen-bond donors (Lipinski definition) is 3. The third-order valence-electron chi connectivity index (χ3n) is 2.55.